The van der Waals surface area contributed by atoms with Crippen LogP contribution in [0.5, 0.6) is 5.75 Å². The number of hydrogen-bond donors (Lipinski definition) is 3. The van der Waals surface area contributed by atoms with Gasteiger partial charge in [-0.15, -0.1) is 0 Å². The Hall–Kier alpha value is -4.66. The van der Waals surface area contributed by atoms with Crippen molar-refractivity contribution in [1.82, 2.24) is 15.1 Å². The van der Waals surface area contributed by atoms with E-state index in [0.717, 1.165) is 30.4 Å². The van der Waals surface area contributed by atoms with Crippen LogP contribution in [0.25, 0.3) is 11.3 Å². The number of nitrogens with zero attached hydrogens (tertiary/aromatic N) is 2. The SMILES string of the molecule is C/C=C\C=C/C.C=O.CC.COc1ccccc1C(=O)NCc1ccc(-c2nn(C3CCC(C)C3)c(N)c2C(N)=O)cc1. The summed E-state index contributed by atoms with van der Waals surface area (Å²) in [5.74, 6) is 0.640. The van der Waals surface area contributed by atoms with E-state index in [1.54, 1.807) is 22.9 Å². The maximum absolute atomic E-state index is 12.5. The third kappa shape index (κ3) is 10.3. The van der Waals surface area contributed by atoms with E-state index in [2.05, 4.69) is 17.3 Å². The lowest BCUT2D eigenvalue weighted by molar-refractivity contribution is -0.0980. The van der Waals surface area contributed by atoms with Crippen molar-refractivity contribution in [1.29, 1.82) is 0 Å². The number of primary amides is 1. The molecule has 0 radical (unpaired) electrons. The highest BCUT2D eigenvalue weighted by Crippen LogP contribution is 2.38. The van der Waals surface area contributed by atoms with Crippen molar-refractivity contribution in [3.05, 3.63) is 89.5 Å². The Balaban J connectivity index is 0.000000814. The first-order valence-corrected chi connectivity index (χ1v) is 14.5. The van der Waals surface area contributed by atoms with E-state index >= 15 is 0 Å². The lowest BCUT2D eigenvalue weighted by Gasteiger charge is -2.12. The third-order valence-corrected chi connectivity index (χ3v) is 6.73. The van der Waals surface area contributed by atoms with Gasteiger partial charge in [0.05, 0.1) is 18.7 Å². The van der Waals surface area contributed by atoms with E-state index in [9.17, 15) is 9.59 Å². The Labute approximate surface area is 256 Å². The van der Waals surface area contributed by atoms with Crippen LogP contribution in [-0.4, -0.2) is 35.5 Å². The number of carbonyl (C=O) groups is 3. The Morgan fingerprint density at radius 3 is 2.16 bits per heavy atom. The molecule has 3 aromatic rings. The normalized spacial score (nSPS) is 15.4. The van der Waals surface area contributed by atoms with Crippen molar-refractivity contribution < 1.29 is 19.1 Å². The maximum atomic E-state index is 12.5. The molecular weight excluding hydrogens is 542 g/mol. The summed E-state index contributed by atoms with van der Waals surface area (Å²) >= 11 is 0. The van der Waals surface area contributed by atoms with Gasteiger partial charge in [-0.05, 0) is 56.7 Å². The van der Waals surface area contributed by atoms with Gasteiger partial charge in [-0.2, -0.15) is 5.10 Å². The topological polar surface area (TPSA) is 142 Å². The second-order valence-electron chi connectivity index (χ2n) is 9.62. The maximum Gasteiger partial charge on any atom is 0.255 e. The third-order valence-electron chi connectivity index (χ3n) is 6.73. The van der Waals surface area contributed by atoms with E-state index in [4.69, 9.17) is 21.0 Å². The van der Waals surface area contributed by atoms with Gasteiger partial charge in [-0.1, -0.05) is 81.5 Å². The van der Waals surface area contributed by atoms with Crippen LogP contribution in [0, 0.1) is 5.92 Å². The fourth-order valence-electron chi connectivity index (χ4n) is 4.68. The van der Waals surface area contributed by atoms with Gasteiger partial charge in [0.2, 0.25) is 0 Å². The molecule has 1 aliphatic rings. The number of aromatic nitrogens is 2. The molecule has 0 bridgehead atoms. The molecule has 0 saturated heterocycles. The molecule has 2 unspecified atom stereocenters. The number of nitrogens with two attached hydrogens (primary N) is 2. The van der Waals surface area contributed by atoms with Crippen molar-refractivity contribution in [2.75, 3.05) is 12.8 Å². The minimum absolute atomic E-state index is 0.177. The minimum Gasteiger partial charge on any atom is -0.496 e. The first-order valence-electron chi connectivity index (χ1n) is 14.5. The van der Waals surface area contributed by atoms with Gasteiger partial charge in [0.25, 0.3) is 11.8 Å². The predicted octanol–water partition coefficient (Wildman–Crippen LogP) is 6.51. The van der Waals surface area contributed by atoms with E-state index in [0.29, 0.717) is 35.3 Å². The van der Waals surface area contributed by atoms with Gasteiger partial charge in [-0.3, -0.25) is 9.59 Å². The molecule has 9 nitrogen and oxygen atoms in total. The second kappa shape index (κ2) is 19.5. The zero-order chi connectivity index (χ0) is 32.4. The number of carbonyl (C=O) groups excluding carboxylic acids is 3. The van der Waals surface area contributed by atoms with Gasteiger partial charge >= 0.3 is 0 Å². The highest BCUT2D eigenvalue weighted by atomic mass is 16.5. The molecule has 1 aromatic heterocycles. The number of para-hydroxylation sites is 1. The first-order chi connectivity index (χ1) is 20.8. The molecule has 9 heteroatoms. The summed E-state index contributed by atoms with van der Waals surface area (Å²) in [7, 11) is 1.53. The molecule has 0 spiro atoms. The number of rotatable bonds is 8. The van der Waals surface area contributed by atoms with Crippen molar-refractivity contribution in [3.63, 3.8) is 0 Å². The molecular formula is C34H47N5O4. The van der Waals surface area contributed by atoms with E-state index in [1.807, 2.05) is 89.1 Å². The number of benzene rings is 2. The lowest BCUT2D eigenvalue weighted by Crippen LogP contribution is -2.23. The van der Waals surface area contributed by atoms with E-state index in [1.165, 1.54) is 7.11 Å². The molecule has 1 aliphatic carbocycles. The zero-order valence-electron chi connectivity index (χ0n) is 26.3. The van der Waals surface area contributed by atoms with Gasteiger partial charge in [0.1, 0.15) is 29.6 Å². The monoisotopic (exact) mass is 589 g/mol. The van der Waals surface area contributed by atoms with Crippen LogP contribution >= 0.6 is 0 Å². The molecule has 0 aliphatic heterocycles. The summed E-state index contributed by atoms with van der Waals surface area (Å²) in [5.41, 5.74) is 14.8. The number of hydrogen-bond acceptors (Lipinski definition) is 6. The Morgan fingerprint density at radius 1 is 1.05 bits per heavy atom. The first kappa shape index (κ1) is 36.4. The molecule has 43 heavy (non-hydrogen) atoms. The molecule has 4 rings (SSSR count). The number of allylic oxidation sites excluding steroid dienone is 4. The number of ether oxygens (including phenoxy) is 1. The number of nitrogens with one attached hydrogen (secondary N) is 1. The standard InChI is InChI=1S/C25H29N5O3.C6H10.C2H6.CH2O/c1-15-7-12-18(13-15)30-23(26)21(24(27)31)22(29-30)17-10-8-16(9-11-17)14-28-25(32)19-5-3-4-6-20(19)33-2;1-3-5-6-4-2;2*1-2/h3-6,8-11,15,18H,7,12-14,26H2,1-2H3,(H2,27,31)(H,28,32);3-6H,1-2H3;1-2H3;1H2/b;5-3-,6-4-;;. The Kier molecular flexibility index (Phi) is 16.5. The zero-order valence-corrected chi connectivity index (χ0v) is 26.3. The minimum atomic E-state index is -0.590. The van der Waals surface area contributed by atoms with Gasteiger partial charge in [0, 0.05) is 12.1 Å². The van der Waals surface area contributed by atoms with Crippen LogP contribution in [0.15, 0.2) is 72.8 Å². The molecule has 1 fully saturated rings. The molecule has 1 heterocycles. The number of methoxy groups -OCH3 is 1. The van der Waals surface area contributed by atoms with Crippen LogP contribution in [0.2, 0.25) is 0 Å². The fourth-order valence-corrected chi connectivity index (χ4v) is 4.68. The number of anilines is 1. The van der Waals surface area contributed by atoms with Crippen molar-refractivity contribution in [2.45, 2.75) is 66.5 Å². The molecule has 232 valence electrons. The quantitative estimate of drug-likeness (QED) is 0.256. The predicted molar refractivity (Wildman–Crippen MR) is 175 cm³/mol. The smallest absolute Gasteiger partial charge is 0.255 e. The summed E-state index contributed by atoms with van der Waals surface area (Å²) in [6.45, 7) is 12.6. The van der Waals surface area contributed by atoms with Crippen molar-refractivity contribution >= 4 is 24.4 Å². The lowest BCUT2D eigenvalue weighted by atomic mass is 10.0. The van der Waals surface area contributed by atoms with Crippen LogP contribution in [0.4, 0.5) is 5.82 Å². The van der Waals surface area contributed by atoms with Gasteiger partial charge in [-0.25, -0.2) is 4.68 Å². The van der Waals surface area contributed by atoms with Crippen LogP contribution in [-0.2, 0) is 11.3 Å². The Morgan fingerprint density at radius 2 is 1.65 bits per heavy atom. The average Bonchev–Trinajstić information content (AvgIpc) is 3.63. The fraction of sp³-hybridized carbons (Fsp3) is 0.353. The van der Waals surface area contributed by atoms with Gasteiger partial charge < -0.3 is 26.3 Å². The second-order valence-corrected chi connectivity index (χ2v) is 9.62. The van der Waals surface area contributed by atoms with Crippen LogP contribution in [0.3, 0.4) is 0 Å². The summed E-state index contributed by atoms with van der Waals surface area (Å²) in [6, 6.07) is 14.7. The average molecular weight is 590 g/mol. The molecule has 5 N–H and O–H groups in total. The molecule has 2 atom stereocenters. The van der Waals surface area contributed by atoms with Gasteiger partial charge in [0.15, 0.2) is 0 Å². The largest absolute Gasteiger partial charge is 0.496 e. The van der Waals surface area contributed by atoms with Crippen LogP contribution < -0.4 is 21.5 Å². The van der Waals surface area contributed by atoms with E-state index < -0.39 is 5.91 Å². The van der Waals surface area contributed by atoms with E-state index in [-0.39, 0.29) is 17.5 Å². The Bertz CT molecular complexity index is 1340. The highest BCUT2D eigenvalue weighted by Gasteiger charge is 2.29. The number of amides is 2. The summed E-state index contributed by atoms with van der Waals surface area (Å²) in [5, 5.41) is 7.59. The molecule has 2 aromatic carbocycles. The number of nitrogen functional groups attached to an aromatic ring is 1. The van der Waals surface area contributed by atoms with Crippen molar-refractivity contribution in [3.8, 4) is 17.0 Å². The molecule has 1 saturated carbocycles. The summed E-state index contributed by atoms with van der Waals surface area (Å²) in [4.78, 5) is 32.7. The van der Waals surface area contributed by atoms with Crippen molar-refractivity contribution in [2.24, 2.45) is 11.7 Å². The highest BCUT2D eigenvalue weighted by molar-refractivity contribution is 6.03. The summed E-state index contributed by atoms with van der Waals surface area (Å²) < 4.78 is 7.01. The van der Waals surface area contributed by atoms with Crippen LogP contribution in [0.1, 0.15) is 86.2 Å². The molecule has 2 amide bonds. The summed E-state index contributed by atoms with van der Waals surface area (Å²) in [6.07, 6.45) is 11.1.